The summed E-state index contributed by atoms with van der Waals surface area (Å²) in [6.45, 7) is 5.83. The largest absolute Gasteiger partial charge is 0.324 e. The monoisotopic (exact) mass is 232 g/mol. The zero-order valence-corrected chi connectivity index (χ0v) is 10.2. The first-order valence-electron chi connectivity index (χ1n) is 5.73. The van der Waals surface area contributed by atoms with Crippen LogP contribution in [0.4, 0.5) is 5.69 Å². The van der Waals surface area contributed by atoms with Crippen molar-refractivity contribution in [2.45, 2.75) is 27.2 Å². The molecule has 1 atom stereocenters. The lowest BCUT2D eigenvalue weighted by atomic mass is 10.1. The van der Waals surface area contributed by atoms with E-state index in [9.17, 15) is 4.79 Å². The van der Waals surface area contributed by atoms with Crippen LogP contribution >= 0.6 is 0 Å². The van der Waals surface area contributed by atoms with E-state index in [1.54, 1.807) is 6.20 Å². The summed E-state index contributed by atoms with van der Waals surface area (Å²) in [6.07, 6.45) is 2.45. The van der Waals surface area contributed by atoms with Gasteiger partial charge in [-0.2, -0.15) is 5.10 Å². The molecule has 1 amide bonds. The summed E-state index contributed by atoms with van der Waals surface area (Å²) in [5, 5.41) is 10.7. The Morgan fingerprint density at radius 3 is 3.06 bits per heavy atom. The number of hydrogen-bond donors (Lipinski definition) is 2. The molecule has 2 rings (SSSR count). The highest BCUT2D eigenvalue weighted by molar-refractivity contribution is 5.94. The molecule has 0 aliphatic carbocycles. The maximum Gasteiger partial charge on any atom is 0.227 e. The van der Waals surface area contributed by atoms with Gasteiger partial charge in [0, 0.05) is 17.0 Å². The third kappa shape index (κ3) is 2.27. The highest BCUT2D eigenvalue weighted by Gasteiger charge is 2.11. The van der Waals surface area contributed by atoms with E-state index in [2.05, 4.69) is 20.5 Å². The van der Waals surface area contributed by atoms with E-state index in [0.717, 1.165) is 17.5 Å². The quantitative estimate of drug-likeness (QED) is 0.852. The molecule has 0 radical (unpaired) electrons. The van der Waals surface area contributed by atoms with Gasteiger partial charge in [0.15, 0.2) is 5.65 Å². The average Bonchev–Trinajstić information content (AvgIpc) is 2.70. The molecule has 0 fully saturated rings. The molecule has 2 N–H and O–H groups in total. The van der Waals surface area contributed by atoms with Gasteiger partial charge in [-0.3, -0.25) is 9.89 Å². The van der Waals surface area contributed by atoms with Crippen molar-refractivity contribution in [2.75, 3.05) is 5.32 Å². The Morgan fingerprint density at radius 2 is 2.35 bits per heavy atom. The molecular weight excluding hydrogens is 216 g/mol. The smallest absolute Gasteiger partial charge is 0.227 e. The number of pyridine rings is 1. The van der Waals surface area contributed by atoms with Crippen molar-refractivity contribution < 1.29 is 4.79 Å². The molecule has 0 spiro atoms. The number of carbonyl (C=O) groups excluding carboxylic acids is 1. The molecule has 0 saturated heterocycles. The molecule has 90 valence electrons. The molecule has 0 aliphatic heterocycles. The van der Waals surface area contributed by atoms with Gasteiger partial charge in [-0.15, -0.1) is 0 Å². The van der Waals surface area contributed by atoms with E-state index in [1.165, 1.54) is 0 Å². The van der Waals surface area contributed by atoms with Crippen molar-refractivity contribution in [3.63, 3.8) is 0 Å². The van der Waals surface area contributed by atoms with Gasteiger partial charge in [0.25, 0.3) is 0 Å². The average molecular weight is 232 g/mol. The van der Waals surface area contributed by atoms with E-state index in [1.807, 2.05) is 26.8 Å². The van der Waals surface area contributed by atoms with Crippen LogP contribution in [-0.4, -0.2) is 21.1 Å². The third-order valence-corrected chi connectivity index (χ3v) is 2.93. The Morgan fingerprint density at radius 1 is 1.59 bits per heavy atom. The summed E-state index contributed by atoms with van der Waals surface area (Å²) in [5.41, 5.74) is 2.34. The minimum atomic E-state index is 0.0103. The van der Waals surface area contributed by atoms with Gasteiger partial charge in [0.1, 0.15) is 0 Å². The lowest BCUT2D eigenvalue weighted by Crippen LogP contribution is -2.19. The van der Waals surface area contributed by atoms with E-state index in [4.69, 9.17) is 0 Å². The van der Waals surface area contributed by atoms with Crippen LogP contribution in [-0.2, 0) is 4.79 Å². The number of hydrogen-bond acceptors (Lipinski definition) is 3. The fourth-order valence-electron chi connectivity index (χ4n) is 1.54. The van der Waals surface area contributed by atoms with Crippen LogP contribution in [0.15, 0.2) is 12.3 Å². The number of nitrogens with one attached hydrogen (secondary N) is 2. The number of anilines is 1. The first-order valence-corrected chi connectivity index (χ1v) is 5.73. The molecule has 2 aromatic heterocycles. The van der Waals surface area contributed by atoms with Crippen LogP contribution < -0.4 is 5.32 Å². The summed E-state index contributed by atoms with van der Waals surface area (Å²) in [4.78, 5) is 15.9. The number of carbonyl (C=O) groups is 1. The predicted octanol–water partition coefficient (Wildman–Crippen LogP) is 2.25. The molecule has 5 heteroatoms. The maximum atomic E-state index is 11.7. The molecule has 2 heterocycles. The van der Waals surface area contributed by atoms with E-state index >= 15 is 0 Å². The molecule has 1 unspecified atom stereocenters. The number of aryl methyl sites for hydroxylation is 1. The first-order chi connectivity index (χ1) is 8.11. The van der Waals surface area contributed by atoms with Crippen LogP contribution in [0.25, 0.3) is 11.0 Å². The molecule has 17 heavy (non-hydrogen) atoms. The van der Waals surface area contributed by atoms with Gasteiger partial charge < -0.3 is 5.32 Å². The molecule has 0 saturated carbocycles. The summed E-state index contributed by atoms with van der Waals surface area (Å²) >= 11 is 0. The van der Waals surface area contributed by atoms with Gasteiger partial charge in [0.2, 0.25) is 5.91 Å². The van der Waals surface area contributed by atoms with Crippen molar-refractivity contribution >= 4 is 22.6 Å². The van der Waals surface area contributed by atoms with E-state index in [-0.39, 0.29) is 11.8 Å². The molecular formula is C12H16N4O. The van der Waals surface area contributed by atoms with Crippen molar-refractivity contribution in [2.24, 2.45) is 5.92 Å². The summed E-state index contributed by atoms with van der Waals surface area (Å²) < 4.78 is 0. The molecule has 0 aromatic carbocycles. The van der Waals surface area contributed by atoms with Crippen LogP contribution in [0.1, 0.15) is 26.0 Å². The predicted molar refractivity (Wildman–Crippen MR) is 66.7 cm³/mol. The molecule has 0 bridgehead atoms. The van der Waals surface area contributed by atoms with Gasteiger partial charge in [-0.25, -0.2) is 4.98 Å². The number of fused-ring (bicyclic) bond motifs is 1. The van der Waals surface area contributed by atoms with Gasteiger partial charge >= 0.3 is 0 Å². The normalized spacial score (nSPS) is 12.6. The lowest BCUT2D eigenvalue weighted by molar-refractivity contribution is -0.119. The van der Waals surface area contributed by atoms with Gasteiger partial charge in [-0.05, 0) is 19.4 Å². The lowest BCUT2D eigenvalue weighted by Gasteiger charge is -2.09. The van der Waals surface area contributed by atoms with Crippen molar-refractivity contribution in [3.05, 3.63) is 18.0 Å². The summed E-state index contributed by atoms with van der Waals surface area (Å²) in [5.74, 6) is 0.0333. The fraction of sp³-hybridized carbons (Fsp3) is 0.417. The number of nitrogens with zero attached hydrogens (tertiary/aromatic N) is 2. The number of H-pyrrole nitrogens is 1. The van der Waals surface area contributed by atoms with Crippen LogP contribution in [0.2, 0.25) is 0 Å². The van der Waals surface area contributed by atoms with Crippen LogP contribution in [0.5, 0.6) is 0 Å². The first kappa shape index (κ1) is 11.6. The Balaban J connectivity index is 2.24. The second-order valence-corrected chi connectivity index (χ2v) is 4.24. The highest BCUT2D eigenvalue weighted by atomic mass is 16.1. The Kier molecular flexibility index (Phi) is 3.08. The van der Waals surface area contributed by atoms with E-state index in [0.29, 0.717) is 11.3 Å². The van der Waals surface area contributed by atoms with Crippen molar-refractivity contribution in [3.8, 4) is 0 Å². The number of aromatic nitrogens is 3. The number of rotatable bonds is 3. The topological polar surface area (TPSA) is 70.7 Å². The Hall–Kier alpha value is -1.91. The third-order valence-electron chi connectivity index (χ3n) is 2.93. The van der Waals surface area contributed by atoms with Crippen LogP contribution in [0.3, 0.4) is 0 Å². The molecule has 0 aliphatic rings. The minimum absolute atomic E-state index is 0.0103. The van der Waals surface area contributed by atoms with Crippen molar-refractivity contribution in [1.82, 2.24) is 15.2 Å². The SMILES string of the molecule is CCC(C)C(=O)Nc1cnc2n[nH]c(C)c2c1. The number of amides is 1. The van der Waals surface area contributed by atoms with Gasteiger partial charge in [-0.1, -0.05) is 13.8 Å². The van der Waals surface area contributed by atoms with E-state index < -0.39 is 0 Å². The second kappa shape index (κ2) is 4.53. The molecule has 5 nitrogen and oxygen atoms in total. The zero-order valence-electron chi connectivity index (χ0n) is 10.2. The zero-order chi connectivity index (χ0) is 12.4. The highest BCUT2D eigenvalue weighted by Crippen LogP contribution is 2.18. The maximum absolute atomic E-state index is 11.7. The van der Waals surface area contributed by atoms with Crippen molar-refractivity contribution in [1.29, 1.82) is 0 Å². The standard InChI is InChI=1S/C12H16N4O/c1-4-7(2)12(17)14-9-5-10-8(3)15-16-11(10)13-6-9/h5-7H,4H2,1-3H3,(H,14,17)(H,13,15,16). The summed E-state index contributed by atoms with van der Waals surface area (Å²) in [7, 11) is 0. The Bertz CT molecular complexity index is 546. The number of aromatic amines is 1. The second-order valence-electron chi connectivity index (χ2n) is 4.24. The fourth-order valence-corrected chi connectivity index (χ4v) is 1.54. The molecule has 2 aromatic rings. The van der Waals surface area contributed by atoms with Crippen LogP contribution in [0, 0.1) is 12.8 Å². The summed E-state index contributed by atoms with van der Waals surface area (Å²) in [6, 6.07) is 1.89. The Labute approximate surface area is 99.6 Å². The minimum Gasteiger partial charge on any atom is -0.324 e. The van der Waals surface area contributed by atoms with Gasteiger partial charge in [0.05, 0.1) is 11.9 Å².